The van der Waals surface area contributed by atoms with E-state index in [1.165, 1.54) is 35.0 Å². The van der Waals surface area contributed by atoms with Gasteiger partial charge in [0.2, 0.25) is 0 Å². The Hall–Kier alpha value is -3.81. The van der Waals surface area contributed by atoms with Crippen LogP contribution in [0.15, 0.2) is 65.5 Å². The second kappa shape index (κ2) is 7.61. The summed E-state index contributed by atoms with van der Waals surface area (Å²) >= 11 is 0. The van der Waals surface area contributed by atoms with E-state index in [2.05, 4.69) is 5.10 Å². The van der Waals surface area contributed by atoms with E-state index < -0.39 is 10.9 Å². The number of carbonyl (C=O) groups excluding carboxylic acids is 1. The first-order chi connectivity index (χ1) is 12.9. The molecule has 8 nitrogen and oxygen atoms in total. The van der Waals surface area contributed by atoms with E-state index in [0.717, 1.165) is 5.56 Å². The minimum Gasteiger partial charge on any atom is -0.422 e. The number of rotatable bonds is 5. The number of nitro groups is 1. The van der Waals surface area contributed by atoms with E-state index >= 15 is 0 Å². The van der Waals surface area contributed by atoms with Gasteiger partial charge in [-0.25, -0.2) is 9.48 Å². The lowest BCUT2D eigenvalue weighted by Crippen LogP contribution is -2.26. The van der Waals surface area contributed by atoms with Crippen molar-refractivity contribution in [1.29, 1.82) is 0 Å². The minimum absolute atomic E-state index is 0.0402. The molecule has 0 atom stereocenters. The molecule has 0 saturated heterocycles. The highest BCUT2D eigenvalue weighted by Gasteiger charge is 2.15. The molecule has 1 aromatic heterocycles. The van der Waals surface area contributed by atoms with Crippen molar-refractivity contribution >= 4 is 11.7 Å². The molecule has 0 spiro atoms. The third-order valence-corrected chi connectivity index (χ3v) is 3.83. The molecule has 1 heterocycles. The maximum Gasteiger partial charge on any atom is 0.364 e. The first kappa shape index (κ1) is 18.0. The molecule has 8 heteroatoms. The Morgan fingerprint density at radius 1 is 1.15 bits per heavy atom. The molecule has 0 fully saturated rings. The molecular weight excluding hydrogens is 350 g/mol. The number of hydrogen-bond acceptors (Lipinski definition) is 6. The van der Waals surface area contributed by atoms with Crippen LogP contribution in [0.25, 0.3) is 0 Å². The number of esters is 1. The van der Waals surface area contributed by atoms with Crippen molar-refractivity contribution in [2.45, 2.75) is 13.5 Å². The lowest BCUT2D eigenvalue weighted by atomic mass is 10.2. The predicted octanol–water partition coefficient (Wildman–Crippen LogP) is 2.73. The summed E-state index contributed by atoms with van der Waals surface area (Å²) in [7, 11) is 0. The van der Waals surface area contributed by atoms with Crippen LogP contribution in [0.3, 0.4) is 0 Å². The van der Waals surface area contributed by atoms with Crippen LogP contribution in [0.1, 0.15) is 21.6 Å². The van der Waals surface area contributed by atoms with Crippen molar-refractivity contribution in [2.75, 3.05) is 0 Å². The SMILES string of the molecule is Cc1cc(OC(=O)c2ccc(=O)n(Cc3ccccc3)n2)ccc1[N+](=O)[O-]. The molecule has 0 radical (unpaired) electrons. The van der Waals surface area contributed by atoms with Crippen molar-refractivity contribution in [1.82, 2.24) is 9.78 Å². The zero-order valence-electron chi connectivity index (χ0n) is 14.4. The van der Waals surface area contributed by atoms with Gasteiger partial charge in [-0.2, -0.15) is 5.10 Å². The molecule has 0 unspecified atom stereocenters. The number of nitro benzene ring substituents is 1. The lowest BCUT2D eigenvalue weighted by Gasteiger charge is -2.08. The zero-order chi connectivity index (χ0) is 19.4. The molecule has 0 aliphatic rings. The predicted molar refractivity (Wildman–Crippen MR) is 96.8 cm³/mol. The quantitative estimate of drug-likeness (QED) is 0.298. The van der Waals surface area contributed by atoms with Crippen molar-refractivity contribution < 1.29 is 14.5 Å². The van der Waals surface area contributed by atoms with Gasteiger partial charge in [0.15, 0.2) is 5.69 Å². The van der Waals surface area contributed by atoms with Crippen LogP contribution in [0.2, 0.25) is 0 Å². The van der Waals surface area contributed by atoms with Gasteiger partial charge in [-0.05, 0) is 30.7 Å². The Kier molecular flexibility index (Phi) is 5.07. The summed E-state index contributed by atoms with van der Waals surface area (Å²) in [5.74, 6) is -0.601. The Morgan fingerprint density at radius 3 is 2.56 bits per heavy atom. The third kappa shape index (κ3) is 4.24. The number of hydrogen-bond donors (Lipinski definition) is 0. The Bertz CT molecular complexity index is 1060. The van der Waals surface area contributed by atoms with E-state index in [9.17, 15) is 19.7 Å². The Balaban J connectivity index is 1.81. The molecule has 3 rings (SSSR count). The van der Waals surface area contributed by atoms with Gasteiger partial charge in [-0.15, -0.1) is 0 Å². The highest BCUT2D eigenvalue weighted by Crippen LogP contribution is 2.23. The van der Waals surface area contributed by atoms with Gasteiger partial charge >= 0.3 is 5.97 Å². The monoisotopic (exact) mass is 365 g/mol. The van der Waals surface area contributed by atoms with Crippen molar-refractivity contribution in [3.8, 4) is 5.75 Å². The third-order valence-electron chi connectivity index (χ3n) is 3.83. The molecular formula is C19H15N3O5. The van der Waals surface area contributed by atoms with Gasteiger partial charge in [0.1, 0.15) is 5.75 Å². The fourth-order valence-corrected chi connectivity index (χ4v) is 2.48. The van der Waals surface area contributed by atoms with Crippen molar-refractivity contribution in [3.63, 3.8) is 0 Å². The molecule has 3 aromatic rings. The van der Waals surface area contributed by atoms with E-state index in [1.54, 1.807) is 6.92 Å². The van der Waals surface area contributed by atoms with E-state index in [4.69, 9.17) is 4.74 Å². The molecule has 27 heavy (non-hydrogen) atoms. The van der Waals surface area contributed by atoms with Crippen LogP contribution in [-0.4, -0.2) is 20.7 Å². The number of nitrogens with zero attached hydrogens (tertiary/aromatic N) is 3. The first-order valence-electron chi connectivity index (χ1n) is 8.03. The molecule has 0 aliphatic carbocycles. The smallest absolute Gasteiger partial charge is 0.364 e. The number of aromatic nitrogens is 2. The zero-order valence-corrected chi connectivity index (χ0v) is 14.4. The van der Waals surface area contributed by atoms with Gasteiger partial charge in [0, 0.05) is 17.7 Å². The summed E-state index contributed by atoms with van der Waals surface area (Å²) in [6.07, 6.45) is 0. The Morgan fingerprint density at radius 2 is 1.89 bits per heavy atom. The molecule has 2 aromatic carbocycles. The van der Waals surface area contributed by atoms with Gasteiger partial charge in [-0.3, -0.25) is 14.9 Å². The van der Waals surface area contributed by atoms with E-state index in [0.29, 0.717) is 5.56 Å². The average molecular weight is 365 g/mol. The lowest BCUT2D eigenvalue weighted by molar-refractivity contribution is -0.385. The second-order valence-corrected chi connectivity index (χ2v) is 5.79. The van der Waals surface area contributed by atoms with Gasteiger partial charge in [0.25, 0.3) is 11.2 Å². The number of carbonyl (C=O) groups is 1. The normalized spacial score (nSPS) is 10.4. The molecule has 0 aliphatic heterocycles. The van der Waals surface area contributed by atoms with Crippen LogP contribution in [0.4, 0.5) is 5.69 Å². The van der Waals surface area contributed by atoms with Crippen LogP contribution < -0.4 is 10.3 Å². The fourth-order valence-electron chi connectivity index (χ4n) is 2.48. The Labute approximate surface area is 153 Å². The first-order valence-corrected chi connectivity index (χ1v) is 8.03. The van der Waals surface area contributed by atoms with Crippen molar-refractivity contribution in [2.24, 2.45) is 0 Å². The van der Waals surface area contributed by atoms with Gasteiger partial charge < -0.3 is 4.74 Å². The topological polar surface area (TPSA) is 104 Å². The highest BCUT2D eigenvalue weighted by atomic mass is 16.6. The summed E-state index contributed by atoms with van der Waals surface area (Å²) in [6.45, 7) is 1.77. The van der Waals surface area contributed by atoms with E-state index in [1.807, 2.05) is 30.3 Å². The number of ether oxygens (including phenoxy) is 1. The van der Waals surface area contributed by atoms with Gasteiger partial charge in [-0.1, -0.05) is 30.3 Å². The van der Waals surface area contributed by atoms with Crippen LogP contribution in [0.5, 0.6) is 5.75 Å². The van der Waals surface area contributed by atoms with E-state index in [-0.39, 0.29) is 29.2 Å². The second-order valence-electron chi connectivity index (χ2n) is 5.79. The highest BCUT2D eigenvalue weighted by molar-refractivity contribution is 5.88. The minimum atomic E-state index is -0.759. The standard InChI is InChI=1S/C19H15N3O5/c1-13-11-15(7-9-17(13)22(25)26)27-19(24)16-8-10-18(23)21(20-16)12-14-5-3-2-4-6-14/h2-11H,12H2,1H3. The van der Waals surface area contributed by atoms with Crippen LogP contribution in [0, 0.1) is 17.0 Å². The summed E-state index contributed by atoms with van der Waals surface area (Å²) in [5.41, 5.74) is 0.781. The summed E-state index contributed by atoms with van der Waals surface area (Å²) in [4.78, 5) is 34.7. The molecule has 0 saturated carbocycles. The van der Waals surface area contributed by atoms with Crippen molar-refractivity contribution in [3.05, 3.63) is 98.0 Å². The maximum atomic E-state index is 12.3. The molecule has 0 bridgehead atoms. The van der Waals surface area contributed by atoms with Crippen LogP contribution in [-0.2, 0) is 6.54 Å². The number of benzene rings is 2. The summed E-state index contributed by atoms with van der Waals surface area (Å²) in [6, 6.07) is 15.8. The summed E-state index contributed by atoms with van der Waals surface area (Å²) in [5, 5.41) is 14.9. The fraction of sp³-hybridized carbons (Fsp3) is 0.105. The van der Waals surface area contributed by atoms with Crippen LogP contribution >= 0.6 is 0 Å². The average Bonchev–Trinajstić information content (AvgIpc) is 2.64. The molecule has 0 N–H and O–H groups in total. The number of aryl methyl sites for hydroxylation is 1. The van der Waals surface area contributed by atoms with Gasteiger partial charge in [0.05, 0.1) is 11.5 Å². The molecule has 136 valence electrons. The largest absolute Gasteiger partial charge is 0.422 e. The maximum absolute atomic E-state index is 12.3. The summed E-state index contributed by atoms with van der Waals surface area (Å²) < 4.78 is 6.40. The molecule has 0 amide bonds.